The van der Waals surface area contributed by atoms with E-state index in [9.17, 15) is 9.59 Å². The topological polar surface area (TPSA) is 95.9 Å². The van der Waals surface area contributed by atoms with Gasteiger partial charge in [-0.1, -0.05) is 0 Å². The number of hydrogen-bond acceptors (Lipinski definition) is 7. The summed E-state index contributed by atoms with van der Waals surface area (Å²) in [6.45, 7) is 0. The monoisotopic (exact) mass is 198 g/mol. The lowest BCUT2D eigenvalue weighted by Gasteiger charge is -1.97. The lowest BCUT2D eigenvalue weighted by atomic mass is 11.6. The summed E-state index contributed by atoms with van der Waals surface area (Å²) in [5, 5.41) is 0. The van der Waals surface area contributed by atoms with E-state index in [0.717, 1.165) is 0 Å². The van der Waals surface area contributed by atoms with Gasteiger partial charge in [-0.3, -0.25) is 0 Å². The SMILES string of the molecule is O=c1op(Op2oc(=O)o2)o1. The molecule has 0 N–H and O–H groups in total. The molecule has 2 heterocycles. The van der Waals surface area contributed by atoms with Crippen molar-refractivity contribution in [2.24, 2.45) is 0 Å². The highest BCUT2D eigenvalue weighted by Gasteiger charge is 2.15. The van der Waals surface area contributed by atoms with Crippen LogP contribution in [-0.2, 0) is 0 Å². The van der Waals surface area contributed by atoms with Gasteiger partial charge in [-0.05, 0) is 0 Å². The molecule has 2 aromatic rings. The Morgan fingerprint density at radius 1 is 0.909 bits per heavy atom. The number of rotatable bonds is 2. The third-order valence-electron chi connectivity index (χ3n) is 0.730. The van der Waals surface area contributed by atoms with Gasteiger partial charge in [-0.15, -0.1) is 0 Å². The molecule has 0 atom stereocenters. The van der Waals surface area contributed by atoms with Crippen LogP contribution in [0.2, 0.25) is 0 Å². The van der Waals surface area contributed by atoms with Crippen LogP contribution in [0.25, 0.3) is 0 Å². The van der Waals surface area contributed by atoms with E-state index in [4.69, 9.17) is 0 Å². The van der Waals surface area contributed by atoms with Crippen molar-refractivity contribution in [3.05, 3.63) is 21.2 Å². The minimum absolute atomic E-state index is 0.794. The maximum absolute atomic E-state index is 10.0. The molecule has 60 valence electrons. The largest absolute Gasteiger partial charge is 0.531 e. The Bertz CT molecular complexity index is 357. The molecule has 0 aliphatic rings. The van der Waals surface area contributed by atoms with Crippen molar-refractivity contribution < 1.29 is 21.1 Å². The summed E-state index contributed by atoms with van der Waals surface area (Å²) in [4.78, 5) is 20.0. The van der Waals surface area contributed by atoms with E-state index in [1.54, 1.807) is 0 Å². The second kappa shape index (κ2) is 2.30. The molecule has 2 rings (SSSR count). The van der Waals surface area contributed by atoms with Crippen LogP contribution >= 0.6 is 16.5 Å². The third kappa shape index (κ3) is 1.26. The fourth-order valence-corrected chi connectivity index (χ4v) is 1.86. The van der Waals surface area contributed by atoms with Crippen molar-refractivity contribution in [3.8, 4) is 0 Å². The van der Waals surface area contributed by atoms with E-state index < -0.39 is 28.1 Å². The summed E-state index contributed by atoms with van der Waals surface area (Å²) in [6.07, 6.45) is 0. The molecule has 0 bridgehead atoms. The van der Waals surface area contributed by atoms with Crippen LogP contribution in [0.5, 0.6) is 0 Å². The molecule has 0 aliphatic carbocycles. The maximum Gasteiger partial charge on any atom is 0.531 e. The summed E-state index contributed by atoms with van der Waals surface area (Å²) in [6, 6.07) is 0. The molecule has 0 unspecified atom stereocenters. The molecule has 0 amide bonds. The lowest BCUT2D eigenvalue weighted by Crippen LogP contribution is -2.02. The first-order valence-electron chi connectivity index (χ1n) is 2.32. The number of hydrogen-bond donors (Lipinski definition) is 0. The first-order valence-corrected chi connectivity index (χ1v) is 4.51. The smallest absolute Gasteiger partial charge is 0.330 e. The van der Waals surface area contributed by atoms with Crippen LogP contribution in [0.1, 0.15) is 0 Å². The first-order chi connectivity index (χ1) is 5.24. The van der Waals surface area contributed by atoms with Crippen LogP contribution in [0.3, 0.4) is 0 Å². The molecule has 0 fully saturated rings. The fourth-order valence-electron chi connectivity index (χ4n) is 0.378. The summed E-state index contributed by atoms with van der Waals surface area (Å²) in [7, 11) is -3.35. The second-order valence-corrected chi connectivity index (χ2v) is 3.67. The molecule has 0 radical (unpaired) electrons. The van der Waals surface area contributed by atoms with Crippen LogP contribution in [0.15, 0.2) is 26.4 Å². The molecule has 2 aromatic heterocycles. The Hall–Kier alpha value is -0.900. The quantitative estimate of drug-likeness (QED) is 0.698. The molecule has 9 heteroatoms. The summed E-state index contributed by atoms with van der Waals surface area (Å²) in [5.74, 6) is -1.59. The Morgan fingerprint density at radius 2 is 1.27 bits per heavy atom. The zero-order valence-corrected chi connectivity index (χ0v) is 6.54. The average molecular weight is 198 g/mol. The highest BCUT2D eigenvalue weighted by atomic mass is 31.2. The van der Waals surface area contributed by atoms with E-state index in [-0.39, 0.29) is 0 Å². The second-order valence-electron chi connectivity index (χ2n) is 1.39. The molecule has 0 aliphatic heterocycles. The molecule has 0 saturated heterocycles. The van der Waals surface area contributed by atoms with Crippen LogP contribution < -0.4 is 16.0 Å². The van der Waals surface area contributed by atoms with Gasteiger partial charge in [0.05, 0.1) is 0 Å². The minimum Gasteiger partial charge on any atom is -0.330 e. The van der Waals surface area contributed by atoms with Crippen LogP contribution in [-0.4, -0.2) is 0 Å². The van der Waals surface area contributed by atoms with Crippen molar-refractivity contribution in [3.63, 3.8) is 0 Å². The summed E-state index contributed by atoms with van der Waals surface area (Å²) in [5.41, 5.74) is 0. The lowest BCUT2D eigenvalue weighted by molar-refractivity contribution is 0.283. The Labute approximate surface area is 59.8 Å². The zero-order valence-electron chi connectivity index (χ0n) is 4.75. The Morgan fingerprint density at radius 3 is 1.55 bits per heavy atom. The molecule has 0 saturated carbocycles. The highest BCUT2D eigenvalue weighted by Crippen LogP contribution is 2.35. The van der Waals surface area contributed by atoms with E-state index in [1.807, 2.05) is 0 Å². The summed E-state index contributed by atoms with van der Waals surface area (Å²) < 4.78 is 21.9. The van der Waals surface area contributed by atoms with Gasteiger partial charge in [0, 0.05) is 0 Å². The van der Waals surface area contributed by atoms with Crippen molar-refractivity contribution in [1.29, 1.82) is 0 Å². The van der Waals surface area contributed by atoms with Gasteiger partial charge in [-0.2, -0.15) is 4.31 Å². The van der Waals surface area contributed by atoms with Gasteiger partial charge in [0.1, 0.15) is 0 Å². The average Bonchev–Trinajstić information content (AvgIpc) is 1.81. The van der Waals surface area contributed by atoms with E-state index in [1.165, 1.54) is 0 Å². The Balaban J connectivity index is 2.07. The maximum atomic E-state index is 10.0. The van der Waals surface area contributed by atoms with Crippen molar-refractivity contribution in [1.82, 2.24) is 0 Å². The van der Waals surface area contributed by atoms with E-state index >= 15 is 0 Å². The van der Waals surface area contributed by atoms with Gasteiger partial charge in [-0.25, -0.2) is 9.59 Å². The zero-order chi connectivity index (χ0) is 7.84. The van der Waals surface area contributed by atoms with Gasteiger partial charge < -0.3 is 16.8 Å². The highest BCUT2D eigenvalue weighted by molar-refractivity contribution is 7.46. The molecule has 0 aromatic carbocycles. The van der Waals surface area contributed by atoms with Crippen molar-refractivity contribution in [2.75, 3.05) is 0 Å². The normalized spacial score (nSPS) is 10.9. The predicted octanol–water partition coefficient (Wildman–Crippen LogP) is 0.644. The van der Waals surface area contributed by atoms with Crippen molar-refractivity contribution in [2.45, 2.75) is 0 Å². The molecule has 0 spiro atoms. The van der Waals surface area contributed by atoms with Gasteiger partial charge in [0.15, 0.2) is 0 Å². The van der Waals surface area contributed by atoms with E-state index in [0.29, 0.717) is 0 Å². The Kier molecular flexibility index (Phi) is 1.42. The van der Waals surface area contributed by atoms with Gasteiger partial charge >= 0.3 is 28.1 Å². The van der Waals surface area contributed by atoms with Crippen molar-refractivity contribution >= 4 is 16.5 Å². The fraction of sp³-hybridized carbons (Fsp3) is 0. The van der Waals surface area contributed by atoms with Crippen LogP contribution in [0, 0.1) is 0 Å². The molecular formula is C2O7P2. The molecular weight excluding hydrogens is 198 g/mol. The molecule has 7 nitrogen and oxygen atoms in total. The predicted molar refractivity (Wildman–Crippen MR) is 31.9 cm³/mol. The summed E-state index contributed by atoms with van der Waals surface area (Å²) >= 11 is 0. The van der Waals surface area contributed by atoms with Gasteiger partial charge in [0.25, 0.3) is 0 Å². The van der Waals surface area contributed by atoms with Gasteiger partial charge in [0.2, 0.25) is 0 Å². The first kappa shape index (κ1) is 6.79. The standard InChI is InChI=1S/C2O7P2/c3-1-5-10(6-1)9-11-7-2(4)8-11. The molecule has 11 heavy (non-hydrogen) atoms. The van der Waals surface area contributed by atoms with E-state index in [2.05, 4.69) is 21.1 Å². The third-order valence-corrected chi connectivity index (χ3v) is 2.99. The van der Waals surface area contributed by atoms with Crippen LogP contribution in [0.4, 0.5) is 0 Å². The minimum atomic E-state index is -1.67.